The number of methoxy groups -OCH3 is 1. The molecule has 0 bridgehead atoms. The van der Waals surface area contributed by atoms with E-state index in [0.29, 0.717) is 20.8 Å². The molecule has 0 aliphatic carbocycles. The molecule has 3 aromatic carbocycles. The molecular formula is C26H30NO2P. The van der Waals surface area contributed by atoms with Crippen LogP contribution in [0.5, 0.6) is 11.5 Å². The Bertz CT molecular complexity index is 986. The first kappa shape index (κ1) is 22.1. The Kier molecular flexibility index (Phi) is 8.04. The minimum Gasteiger partial charge on any atom is -0.497 e. The topological polar surface area (TPSA) is 30.8 Å². The molecule has 0 saturated heterocycles. The van der Waals surface area contributed by atoms with E-state index in [1.807, 2.05) is 43.6 Å². The molecule has 2 unspecified atom stereocenters. The summed E-state index contributed by atoms with van der Waals surface area (Å²) in [4.78, 5) is 4.26. The highest BCUT2D eigenvalue weighted by Crippen LogP contribution is 2.43. The van der Waals surface area contributed by atoms with Gasteiger partial charge in [-0.3, -0.25) is 4.99 Å². The second-order valence-electron chi connectivity index (χ2n) is 7.26. The first-order valence-electron chi connectivity index (χ1n) is 10.3. The third-order valence-electron chi connectivity index (χ3n) is 5.04. The Morgan fingerprint density at radius 3 is 2.53 bits per heavy atom. The number of hydrogen-bond acceptors (Lipinski definition) is 3. The lowest BCUT2D eigenvalue weighted by molar-refractivity contribution is 0.301. The summed E-state index contributed by atoms with van der Waals surface area (Å²) in [5, 5.41) is 1.33. The van der Waals surface area contributed by atoms with Crippen molar-refractivity contribution in [2.75, 3.05) is 14.2 Å². The average Bonchev–Trinajstić information content (AvgIpc) is 2.78. The van der Waals surface area contributed by atoms with Gasteiger partial charge in [0.2, 0.25) is 0 Å². The minimum atomic E-state index is 0.345. The fourth-order valence-electron chi connectivity index (χ4n) is 3.44. The van der Waals surface area contributed by atoms with Gasteiger partial charge >= 0.3 is 0 Å². The van der Waals surface area contributed by atoms with Gasteiger partial charge < -0.3 is 9.47 Å². The number of hydrogen-bond donors (Lipinski definition) is 0. The van der Waals surface area contributed by atoms with Crippen LogP contribution in [0.3, 0.4) is 0 Å². The smallest absolute Gasteiger partial charge is 0.123 e. The molecule has 0 N–H and O–H groups in total. The number of aliphatic imine (C=N–C) groups is 1. The SMILES string of the molecule is CCC(Pc1ccc(C)cc1/C=N/C)c1cc(OC)ccc1OCc1ccccc1. The highest BCUT2D eigenvalue weighted by Gasteiger charge is 2.18. The third-order valence-corrected chi connectivity index (χ3v) is 6.88. The predicted octanol–water partition coefficient (Wildman–Crippen LogP) is 6.09. The molecule has 2 atom stereocenters. The van der Waals surface area contributed by atoms with Crippen LogP contribution in [0, 0.1) is 6.92 Å². The molecule has 4 heteroatoms. The van der Waals surface area contributed by atoms with Gasteiger partial charge in [0.1, 0.15) is 18.1 Å². The number of ether oxygens (including phenoxy) is 2. The van der Waals surface area contributed by atoms with Crippen LogP contribution < -0.4 is 14.8 Å². The van der Waals surface area contributed by atoms with Crippen molar-refractivity contribution in [3.05, 3.63) is 89.0 Å². The van der Waals surface area contributed by atoms with E-state index >= 15 is 0 Å². The van der Waals surface area contributed by atoms with Crippen molar-refractivity contribution in [2.24, 2.45) is 4.99 Å². The summed E-state index contributed by atoms with van der Waals surface area (Å²) >= 11 is 0. The normalized spacial score (nSPS) is 12.5. The third kappa shape index (κ3) is 5.70. The zero-order chi connectivity index (χ0) is 21.3. The zero-order valence-electron chi connectivity index (χ0n) is 18.2. The van der Waals surface area contributed by atoms with Crippen LogP contribution in [0.2, 0.25) is 0 Å². The standard InChI is InChI=1S/C26H30NO2P/c1-5-25(30-26-14-11-19(2)15-21(26)17-27-3)23-16-22(28-4)12-13-24(23)29-18-20-9-7-6-8-10-20/h6-17,25,30H,5,18H2,1-4H3/b27-17+. The lowest BCUT2D eigenvalue weighted by atomic mass is 10.1. The molecule has 0 spiro atoms. The maximum absolute atomic E-state index is 6.26. The van der Waals surface area contributed by atoms with Crippen LogP contribution in [0.1, 0.15) is 41.3 Å². The molecule has 0 fully saturated rings. The first-order chi connectivity index (χ1) is 14.6. The van der Waals surface area contributed by atoms with Crippen LogP contribution in [0.4, 0.5) is 0 Å². The Labute approximate surface area is 182 Å². The lowest BCUT2D eigenvalue weighted by Gasteiger charge is -2.21. The summed E-state index contributed by atoms with van der Waals surface area (Å²) in [5.41, 5.74) is 5.15. The van der Waals surface area contributed by atoms with Crippen LogP contribution in [0.25, 0.3) is 0 Å². The van der Waals surface area contributed by atoms with Gasteiger partial charge in [0.25, 0.3) is 0 Å². The van der Waals surface area contributed by atoms with E-state index < -0.39 is 0 Å². The van der Waals surface area contributed by atoms with Crippen LogP contribution >= 0.6 is 8.58 Å². The Morgan fingerprint density at radius 2 is 1.83 bits per heavy atom. The highest BCUT2D eigenvalue weighted by atomic mass is 31.1. The average molecular weight is 420 g/mol. The highest BCUT2D eigenvalue weighted by molar-refractivity contribution is 7.47. The molecule has 0 amide bonds. The summed E-state index contributed by atoms with van der Waals surface area (Å²) in [5.74, 6) is 1.79. The van der Waals surface area contributed by atoms with Gasteiger partial charge in [0.15, 0.2) is 0 Å². The molecule has 156 valence electrons. The molecular weight excluding hydrogens is 389 g/mol. The zero-order valence-corrected chi connectivity index (χ0v) is 19.2. The van der Waals surface area contributed by atoms with Crippen molar-refractivity contribution < 1.29 is 9.47 Å². The van der Waals surface area contributed by atoms with Gasteiger partial charge in [0.05, 0.1) is 7.11 Å². The molecule has 30 heavy (non-hydrogen) atoms. The van der Waals surface area contributed by atoms with Crippen molar-refractivity contribution in [3.8, 4) is 11.5 Å². The van der Waals surface area contributed by atoms with Crippen molar-refractivity contribution in [1.82, 2.24) is 0 Å². The van der Waals surface area contributed by atoms with Crippen molar-refractivity contribution in [3.63, 3.8) is 0 Å². The molecule has 0 heterocycles. The summed E-state index contributed by atoms with van der Waals surface area (Å²) in [6, 6.07) is 23.0. The van der Waals surface area contributed by atoms with Crippen LogP contribution in [-0.2, 0) is 6.61 Å². The summed E-state index contributed by atoms with van der Waals surface area (Å²) in [7, 11) is 4.15. The molecule has 0 radical (unpaired) electrons. The van der Waals surface area contributed by atoms with Crippen molar-refractivity contribution in [1.29, 1.82) is 0 Å². The second kappa shape index (κ2) is 10.9. The van der Waals surface area contributed by atoms with E-state index in [0.717, 1.165) is 23.5 Å². The number of benzene rings is 3. The molecule has 0 aromatic heterocycles. The van der Waals surface area contributed by atoms with E-state index in [4.69, 9.17) is 9.47 Å². The van der Waals surface area contributed by atoms with E-state index in [2.05, 4.69) is 55.2 Å². The predicted molar refractivity (Wildman–Crippen MR) is 129 cm³/mol. The van der Waals surface area contributed by atoms with Gasteiger partial charge in [0, 0.05) is 24.5 Å². The summed E-state index contributed by atoms with van der Waals surface area (Å²) in [6.07, 6.45) is 2.98. The van der Waals surface area contributed by atoms with Crippen LogP contribution in [0.15, 0.2) is 71.7 Å². The summed E-state index contributed by atoms with van der Waals surface area (Å²) in [6.45, 7) is 4.91. The maximum Gasteiger partial charge on any atom is 0.123 e. The quantitative estimate of drug-likeness (QED) is 0.311. The lowest BCUT2D eigenvalue weighted by Crippen LogP contribution is -2.08. The molecule has 3 aromatic rings. The monoisotopic (exact) mass is 419 g/mol. The van der Waals surface area contributed by atoms with E-state index in [-0.39, 0.29) is 0 Å². The van der Waals surface area contributed by atoms with Gasteiger partial charge in [-0.25, -0.2) is 0 Å². The Hall–Kier alpha value is -2.64. The number of aryl methyl sites for hydroxylation is 1. The van der Waals surface area contributed by atoms with E-state index in [1.165, 1.54) is 22.0 Å². The van der Waals surface area contributed by atoms with Gasteiger partial charge in [-0.1, -0.05) is 63.5 Å². The maximum atomic E-state index is 6.26. The van der Waals surface area contributed by atoms with E-state index in [1.54, 1.807) is 7.11 Å². The molecule has 0 aliphatic rings. The Balaban J connectivity index is 1.91. The van der Waals surface area contributed by atoms with Crippen LogP contribution in [-0.4, -0.2) is 20.4 Å². The largest absolute Gasteiger partial charge is 0.497 e. The summed E-state index contributed by atoms with van der Waals surface area (Å²) < 4.78 is 11.8. The molecule has 3 nitrogen and oxygen atoms in total. The fraction of sp³-hybridized carbons (Fsp3) is 0.269. The molecule has 3 rings (SSSR count). The van der Waals surface area contributed by atoms with E-state index in [9.17, 15) is 0 Å². The fourth-order valence-corrected chi connectivity index (χ4v) is 4.88. The number of nitrogens with zero attached hydrogens (tertiary/aromatic N) is 1. The van der Waals surface area contributed by atoms with Gasteiger partial charge in [-0.05, 0) is 54.0 Å². The van der Waals surface area contributed by atoms with Crippen molar-refractivity contribution >= 4 is 20.1 Å². The molecule has 0 aliphatic heterocycles. The minimum absolute atomic E-state index is 0.345. The first-order valence-corrected chi connectivity index (χ1v) is 11.4. The second-order valence-corrected chi connectivity index (χ2v) is 8.79. The Morgan fingerprint density at radius 1 is 1.03 bits per heavy atom. The van der Waals surface area contributed by atoms with Gasteiger partial charge in [-0.2, -0.15) is 0 Å². The van der Waals surface area contributed by atoms with Crippen molar-refractivity contribution in [2.45, 2.75) is 32.5 Å². The van der Waals surface area contributed by atoms with Gasteiger partial charge in [-0.15, -0.1) is 0 Å². The molecule has 0 saturated carbocycles. The number of rotatable bonds is 9.